The fraction of sp³-hybridized carbons (Fsp3) is 0.929. The van der Waals surface area contributed by atoms with Gasteiger partial charge < -0.3 is 10.6 Å². The van der Waals surface area contributed by atoms with Gasteiger partial charge in [-0.05, 0) is 30.7 Å². The molecule has 0 heterocycles. The lowest BCUT2D eigenvalue weighted by molar-refractivity contribution is -0.133. The van der Waals surface area contributed by atoms with E-state index in [9.17, 15) is 4.79 Å². The van der Waals surface area contributed by atoms with Crippen molar-refractivity contribution in [2.24, 2.45) is 23.0 Å². The number of amides is 1. The van der Waals surface area contributed by atoms with Crippen LogP contribution in [0.25, 0.3) is 0 Å². The monoisotopic (exact) mass is 242 g/mol. The maximum Gasteiger partial charge on any atom is 0.222 e. The highest BCUT2D eigenvalue weighted by Gasteiger charge is 2.25. The van der Waals surface area contributed by atoms with Crippen LogP contribution in [0, 0.1) is 17.3 Å². The largest absolute Gasteiger partial charge is 0.343 e. The van der Waals surface area contributed by atoms with E-state index in [2.05, 4.69) is 34.6 Å². The lowest BCUT2D eigenvalue weighted by Gasteiger charge is -2.30. The molecule has 102 valence electrons. The number of nitrogens with zero attached hydrogens (tertiary/aromatic N) is 1. The van der Waals surface area contributed by atoms with Crippen LogP contribution < -0.4 is 5.73 Å². The molecule has 0 rings (SSSR count). The Labute approximate surface area is 107 Å². The van der Waals surface area contributed by atoms with Gasteiger partial charge in [0.25, 0.3) is 0 Å². The van der Waals surface area contributed by atoms with Gasteiger partial charge in [0.2, 0.25) is 5.91 Å². The van der Waals surface area contributed by atoms with E-state index in [1.165, 1.54) is 0 Å². The minimum absolute atomic E-state index is 0.189. The molecule has 3 heteroatoms. The number of nitrogens with two attached hydrogens (primary N) is 1. The Morgan fingerprint density at radius 3 is 2.18 bits per heavy atom. The number of carbonyl (C=O) groups excluding carboxylic acids is 1. The molecule has 2 unspecified atom stereocenters. The minimum Gasteiger partial charge on any atom is -0.343 e. The standard InChI is InChI=1S/C14H30N2O/c1-7-16(10-11(2)9-15)13(17)8-12(3)14(4,5)6/h11-12H,7-10,15H2,1-6H3. The average Bonchev–Trinajstić information content (AvgIpc) is 2.23. The van der Waals surface area contributed by atoms with Crippen molar-refractivity contribution in [3.63, 3.8) is 0 Å². The summed E-state index contributed by atoms with van der Waals surface area (Å²) in [5, 5.41) is 0. The zero-order valence-corrected chi connectivity index (χ0v) is 12.4. The van der Waals surface area contributed by atoms with Gasteiger partial charge in [-0.1, -0.05) is 34.6 Å². The van der Waals surface area contributed by atoms with E-state index < -0.39 is 0 Å². The highest BCUT2D eigenvalue weighted by atomic mass is 16.2. The van der Waals surface area contributed by atoms with Crippen LogP contribution in [0.3, 0.4) is 0 Å². The molecule has 17 heavy (non-hydrogen) atoms. The quantitative estimate of drug-likeness (QED) is 0.778. The van der Waals surface area contributed by atoms with Crippen molar-refractivity contribution in [3.05, 3.63) is 0 Å². The summed E-state index contributed by atoms with van der Waals surface area (Å²) in [5.74, 6) is 1.04. The molecule has 0 aromatic carbocycles. The number of carbonyl (C=O) groups is 1. The second-order valence-corrected chi connectivity index (χ2v) is 6.24. The lowest BCUT2D eigenvalue weighted by Crippen LogP contribution is -2.38. The smallest absolute Gasteiger partial charge is 0.222 e. The SMILES string of the molecule is CCN(CC(C)CN)C(=O)CC(C)C(C)(C)C. The summed E-state index contributed by atoms with van der Waals surface area (Å²) in [7, 11) is 0. The molecule has 0 bridgehead atoms. The first-order valence-electron chi connectivity index (χ1n) is 6.70. The molecule has 0 fully saturated rings. The molecule has 3 nitrogen and oxygen atoms in total. The van der Waals surface area contributed by atoms with E-state index in [0.717, 1.165) is 13.1 Å². The molecule has 0 aromatic heterocycles. The van der Waals surface area contributed by atoms with Crippen LogP contribution in [0.15, 0.2) is 0 Å². The Hall–Kier alpha value is -0.570. The first kappa shape index (κ1) is 16.4. The molecule has 0 spiro atoms. The van der Waals surface area contributed by atoms with Gasteiger partial charge in [0.05, 0.1) is 0 Å². The van der Waals surface area contributed by atoms with Crippen molar-refractivity contribution in [3.8, 4) is 0 Å². The zero-order chi connectivity index (χ0) is 13.6. The highest BCUT2D eigenvalue weighted by molar-refractivity contribution is 5.76. The normalized spacial score (nSPS) is 15.5. The third-order valence-corrected chi connectivity index (χ3v) is 3.63. The summed E-state index contributed by atoms with van der Waals surface area (Å²) in [6, 6.07) is 0. The minimum atomic E-state index is 0.189. The van der Waals surface area contributed by atoms with Crippen LogP contribution in [-0.4, -0.2) is 30.4 Å². The van der Waals surface area contributed by atoms with Crippen molar-refractivity contribution in [1.82, 2.24) is 4.90 Å². The van der Waals surface area contributed by atoms with Crippen molar-refractivity contribution in [1.29, 1.82) is 0 Å². The molecule has 0 saturated carbocycles. The summed E-state index contributed by atoms with van der Waals surface area (Å²) in [6.07, 6.45) is 0.634. The van der Waals surface area contributed by atoms with Gasteiger partial charge in [0.1, 0.15) is 0 Å². The molecule has 0 aliphatic rings. The number of hydrogen-bond donors (Lipinski definition) is 1. The lowest BCUT2D eigenvalue weighted by atomic mass is 9.80. The first-order chi connectivity index (χ1) is 7.72. The molecule has 0 aromatic rings. The van der Waals surface area contributed by atoms with Gasteiger partial charge in [0.15, 0.2) is 0 Å². The molecule has 0 radical (unpaired) electrons. The van der Waals surface area contributed by atoms with Gasteiger partial charge in [-0.15, -0.1) is 0 Å². The second-order valence-electron chi connectivity index (χ2n) is 6.24. The summed E-state index contributed by atoms with van der Waals surface area (Å²) in [6.45, 7) is 15.0. The molecular weight excluding hydrogens is 212 g/mol. The van der Waals surface area contributed by atoms with E-state index in [1.54, 1.807) is 0 Å². The van der Waals surface area contributed by atoms with Gasteiger partial charge in [0, 0.05) is 19.5 Å². The first-order valence-corrected chi connectivity index (χ1v) is 6.70. The molecule has 2 N–H and O–H groups in total. The zero-order valence-electron chi connectivity index (χ0n) is 12.4. The van der Waals surface area contributed by atoms with Crippen molar-refractivity contribution in [2.45, 2.75) is 48.0 Å². The van der Waals surface area contributed by atoms with Gasteiger partial charge in [-0.25, -0.2) is 0 Å². The fourth-order valence-corrected chi connectivity index (χ4v) is 1.56. The predicted octanol–water partition coefficient (Wildman–Crippen LogP) is 2.50. The van der Waals surface area contributed by atoms with Crippen LogP contribution in [-0.2, 0) is 4.79 Å². The summed E-state index contributed by atoms with van der Waals surface area (Å²) in [4.78, 5) is 14.1. The number of rotatable bonds is 6. The Morgan fingerprint density at radius 2 is 1.82 bits per heavy atom. The van der Waals surface area contributed by atoms with E-state index in [1.807, 2.05) is 11.8 Å². The Morgan fingerprint density at radius 1 is 1.29 bits per heavy atom. The average molecular weight is 242 g/mol. The highest BCUT2D eigenvalue weighted by Crippen LogP contribution is 2.28. The molecule has 0 aliphatic heterocycles. The van der Waals surface area contributed by atoms with Crippen molar-refractivity contribution < 1.29 is 4.79 Å². The molecule has 2 atom stereocenters. The van der Waals surface area contributed by atoms with Crippen LogP contribution in [0.2, 0.25) is 0 Å². The third-order valence-electron chi connectivity index (χ3n) is 3.63. The maximum absolute atomic E-state index is 12.2. The maximum atomic E-state index is 12.2. The number of hydrogen-bond acceptors (Lipinski definition) is 2. The van der Waals surface area contributed by atoms with Crippen molar-refractivity contribution >= 4 is 5.91 Å². The summed E-state index contributed by atoms with van der Waals surface area (Å²) < 4.78 is 0. The van der Waals surface area contributed by atoms with Crippen molar-refractivity contribution in [2.75, 3.05) is 19.6 Å². The van der Waals surface area contributed by atoms with Crippen LogP contribution in [0.5, 0.6) is 0 Å². The predicted molar refractivity (Wildman–Crippen MR) is 73.7 cm³/mol. The molecule has 0 saturated heterocycles. The Balaban J connectivity index is 4.36. The molecular formula is C14H30N2O. The van der Waals surface area contributed by atoms with Crippen LogP contribution >= 0.6 is 0 Å². The topological polar surface area (TPSA) is 46.3 Å². The second kappa shape index (κ2) is 7.00. The molecule has 0 aliphatic carbocycles. The van der Waals surface area contributed by atoms with Crippen LogP contribution in [0.4, 0.5) is 0 Å². The summed E-state index contributed by atoms with van der Waals surface area (Å²) in [5.41, 5.74) is 5.80. The Kier molecular flexibility index (Phi) is 6.76. The van der Waals surface area contributed by atoms with Gasteiger partial charge in [-0.2, -0.15) is 0 Å². The fourth-order valence-electron chi connectivity index (χ4n) is 1.56. The molecule has 1 amide bonds. The summed E-state index contributed by atoms with van der Waals surface area (Å²) >= 11 is 0. The van der Waals surface area contributed by atoms with E-state index in [0.29, 0.717) is 24.8 Å². The van der Waals surface area contributed by atoms with Gasteiger partial charge >= 0.3 is 0 Å². The van der Waals surface area contributed by atoms with E-state index in [-0.39, 0.29) is 11.3 Å². The van der Waals surface area contributed by atoms with E-state index >= 15 is 0 Å². The Bertz CT molecular complexity index is 233. The van der Waals surface area contributed by atoms with Crippen LogP contribution in [0.1, 0.15) is 48.0 Å². The third kappa shape index (κ3) is 6.06. The van der Waals surface area contributed by atoms with E-state index in [4.69, 9.17) is 5.73 Å². The van der Waals surface area contributed by atoms with Gasteiger partial charge in [-0.3, -0.25) is 4.79 Å².